The Labute approximate surface area is 114 Å². The number of carboxylic acid groups (broad SMARTS) is 1. The zero-order chi connectivity index (χ0) is 15.2. The SMILES string of the molecule is CC(C)CCNC(=O)CS(=O)(=O)C(C(=O)O)C(C)C. The molecule has 0 saturated carbocycles. The van der Waals surface area contributed by atoms with Crippen molar-refractivity contribution in [3.63, 3.8) is 0 Å². The van der Waals surface area contributed by atoms with Crippen LogP contribution in [0.4, 0.5) is 0 Å². The third-order valence-electron chi connectivity index (χ3n) is 2.61. The van der Waals surface area contributed by atoms with E-state index in [4.69, 9.17) is 5.11 Å². The van der Waals surface area contributed by atoms with E-state index in [1.165, 1.54) is 13.8 Å². The van der Waals surface area contributed by atoms with E-state index < -0.39 is 38.6 Å². The predicted octanol–water partition coefficient (Wildman–Crippen LogP) is 0.673. The minimum absolute atomic E-state index is 0.394. The van der Waals surface area contributed by atoms with Gasteiger partial charge >= 0.3 is 5.97 Å². The summed E-state index contributed by atoms with van der Waals surface area (Å²) in [5.74, 6) is -3.01. The van der Waals surface area contributed by atoms with Gasteiger partial charge in [0, 0.05) is 6.54 Å². The van der Waals surface area contributed by atoms with Crippen LogP contribution in [0, 0.1) is 11.8 Å². The van der Waals surface area contributed by atoms with Gasteiger partial charge < -0.3 is 10.4 Å². The fourth-order valence-corrected chi connectivity index (χ4v) is 3.46. The Hall–Kier alpha value is -1.11. The summed E-state index contributed by atoms with van der Waals surface area (Å²) < 4.78 is 23.8. The Balaban J connectivity index is 4.59. The van der Waals surface area contributed by atoms with Crippen LogP contribution in [0.5, 0.6) is 0 Å². The van der Waals surface area contributed by atoms with Crippen LogP contribution in [0.3, 0.4) is 0 Å². The Kier molecular flexibility index (Phi) is 7.04. The van der Waals surface area contributed by atoms with E-state index >= 15 is 0 Å². The molecule has 0 heterocycles. The minimum Gasteiger partial charge on any atom is -0.480 e. The van der Waals surface area contributed by atoms with Crippen molar-refractivity contribution in [1.82, 2.24) is 5.32 Å². The number of carbonyl (C=O) groups is 2. The number of carboxylic acids is 1. The lowest BCUT2D eigenvalue weighted by atomic mass is 10.1. The van der Waals surface area contributed by atoms with Crippen molar-refractivity contribution in [2.75, 3.05) is 12.3 Å². The van der Waals surface area contributed by atoms with E-state index in [9.17, 15) is 18.0 Å². The lowest BCUT2D eigenvalue weighted by molar-refractivity contribution is -0.137. The number of amides is 1. The first-order valence-electron chi connectivity index (χ1n) is 6.29. The lowest BCUT2D eigenvalue weighted by Crippen LogP contribution is -2.41. The van der Waals surface area contributed by atoms with Crippen molar-refractivity contribution < 1.29 is 23.1 Å². The quantitative estimate of drug-likeness (QED) is 0.685. The molecule has 0 aliphatic carbocycles. The molecule has 112 valence electrons. The Morgan fingerprint density at radius 2 is 1.68 bits per heavy atom. The molecule has 0 aromatic heterocycles. The second kappa shape index (κ2) is 7.47. The van der Waals surface area contributed by atoms with Gasteiger partial charge in [-0.05, 0) is 18.3 Å². The maximum absolute atomic E-state index is 11.9. The van der Waals surface area contributed by atoms with E-state index in [2.05, 4.69) is 5.32 Å². The molecule has 0 rings (SSSR count). The molecule has 2 N–H and O–H groups in total. The minimum atomic E-state index is -3.98. The third-order valence-corrected chi connectivity index (χ3v) is 4.80. The smallest absolute Gasteiger partial charge is 0.322 e. The summed E-state index contributed by atoms with van der Waals surface area (Å²) in [5.41, 5.74) is 0. The van der Waals surface area contributed by atoms with E-state index in [0.717, 1.165) is 6.42 Å². The summed E-state index contributed by atoms with van der Waals surface area (Å²) in [5, 5.41) is 9.88. The average Bonchev–Trinajstić information content (AvgIpc) is 2.12. The standard InChI is InChI=1S/C12H23NO5S/c1-8(2)5-6-13-10(14)7-19(17,18)11(9(3)4)12(15)16/h8-9,11H,5-7H2,1-4H3,(H,13,14)(H,15,16). The molecule has 1 atom stereocenters. The molecule has 0 spiro atoms. The van der Waals surface area contributed by atoms with Crippen LogP contribution in [-0.4, -0.2) is 42.9 Å². The predicted molar refractivity (Wildman–Crippen MR) is 72.5 cm³/mol. The van der Waals surface area contributed by atoms with Crippen molar-refractivity contribution in [2.24, 2.45) is 11.8 Å². The monoisotopic (exact) mass is 293 g/mol. The van der Waals surface area contributed by atoms with E-state index in [-0.39, 0.29) is 0 Å². The summed E-state index contributed by atoms with van der Waals surface area (Å²) >= 11 is 0. The molecule has 1 unspecified atom stereocenters. The highest BCUT2D eigenvalue weighted by molar-refractivity contribution is 7.93. The van der Waals surface area contributed by atoms with Crippen molar-refractivity contribution in [2.45, 2.75) is 39.4 Å². The van der Waals surface area contributed by atoms with Crippen LogP contribution in [-0.2, 0) is 19.4 Å². The van der Waals surface area contributed by atoms with Crippen molar-refractivity contribution >= 4 is 21.7 Å². The summed E-state index contributed by atoms with van der Waals surface area (Å²) in [4.78, 5) is 22.5. The second-order valence-electron chi connectivity index (χ2n) is 5.34. The second-order valence-corrected chi connectivity index (χ2v) is 7.46. The number of hydrogen-bond acceptors (Lipinski definition) is 4. The molecule has 0 aromatic rings. The molecule has 0 saturated heterocycles. The van der Waals surface area contributed by atoms with Gasteiger partial charge in [0.15, 0.2) is 15.1 Å². The Morgan fingerprint density at radius 1 is 1.16 bits per heavy atom. The zero-order valence-corrected chi connectivity index (χ0v) is 12.7. The van der Waals surface area contributed by atoms with Crippen LogP contribution in [0.2, 0.25) is 0 Å². The fourth-order valence-electron chi connectivity index (χ4n) is 1.68. The van der Waals surface area contributed by atoms with Crippen LogP contribution in [0.15, 0.2) is 0 Å². The molecule has 0 bridgehead atoms. The summed E-state index contributed by atoms with van der Waals surface area (Å²) in [7, 11) is -3.98. The molecule has 0 radical (unpaired) electrons. The highest BCUT2D eigenvalue weighted by Gasteiger charge is 2.36. The molecule has 0 aliphatic rings. The number of carbonyl (C=O) groups excluding carboxylic acids is 1. The fraction of sp³-hybridized carbons (Fsp3) is 0.833. The van der Waals surface area contributed by atoms with Gasteiger partial charge in [-0.2, -0.15) is 0 Å². The van der Waals surface area contributed by atoms with Gasteiger partial charge in [0.1, 0.15) is 5.75 Å². The molecule has 7 heteroatoms. The Bertz CT molecular complexity index is 414. The van der Waals surface area contributed by atoms with Crippen LogP contribution in [0.1, 0.15) is 34.1 Å². The highest BCUT2D eigenvalue weighted by Crippen LogP contribution is 2.13. The maximum Gasteiger partial charge on any atom is 0.322 e. The van der Waals surface area contributed by atoms with Crippen LogP contribution in [0.25, 0.3) is 0 Å². The molecule has 6 nitrogen and oxygen atoms in total. The van der Waals surface area contributed by atoms with Gasteiger partial charge in [0.25, 0.3) is 0 Å². The summed E-state index contributed by atoms with van der Waals surface area (Å²) in [6.45, 7) is 7.38. The Morgan fingerprint density at radius 3 is 2.05 bits per heavy atom. The van der Waals surface area contributed by atoms with E-state index in [1.54, 1.807) is 0 Å². The topological polar surface area (TPSA) is 101 Å². The summed E-state index contributed by atoms with van der Waals surface area (Å²) in [6.07, 6.45) is 0.748. The van der Waals surface area contributed by atoms with Crippen LogP contribution < -0.4 is 5.32 Å². The van der Waals surface area contributed by atoms with Crippen molar-refractivity contribution in [3.05, 3.63) is 0 Å². The van der Waals surface area contributed by atoms with E-state index in [1.807, 2.05) is 13.8 Å². The number of hydrogen-bond donors (Lipinski definition) is 2. The van der Waals surface area contributed by atoms with Gasteiger partial charge in [-0.3, -0.25) is 9.59 Å². The van der Waals surface area contributed by atoms with Gasteiger partial charge in [0.05, 0.1) is 0 Å². The van der Waals surface area contributed by atoms with Crippen LogP contribution >= 0.6 is 0 Å². The van der Waals surface area contributed by atoms with E-state index in [0.29, 0.717) is 12.5 Å². The first-order valence-corrected chi connectivity index (χ1v) is 8.00. The van der Waals surface area contributed by atoms with Gasteiger partial charge in [0.2, 0.25) is 5.91 Å². The number of sulfone groups is 1. The van der Waals surface area contributed by atoms with Gasteiger partial charge in [-0.15, -0.1) is 0 Å². The molecular formula is C12H23NO5S. The average molecular weight is 293 g/mol. The first-order chi connectivity index (χ1) is 8.58. The molecule has 0 aromatic carbocycles. The number of aliphatic carboxylic acids is 1. The normalized spacial score (nSPS) is 13.6. The summed E-state index contributed by atoms with van der Waals surface area (Å²) in [6, 6.07) is 0. The number of rotatable bonds is 8. The van der Waals surface area contributed by atoms with Crippen molar-refractivity contribution in [1.29, 1.82) is 0 Å². The molecule has 1 amide bonds. The molecule has 0 fully saturated rings. The zero-order valence-electron chi connectivity index (χ0n) is 11.8. The number of nitrogens with one attached hydrogen (secondary N) is 1. The third kappa shape index (κ3) is 6.56. The molecule has 0 aliphatic heterocycles. The first kappa shape index (κ1) is 17.9. The molecular weight excluding hydrogens is 270 g/mol. The van der Waals surface area contributed by atoms with Gasteiger partial charge in [-0.25, -0.2) is 8.42 Å². The lowest BCUT2D eigenvalue weighted by Gasteiger charge is -2.16. The maximum atomic E-state index is 11.9. The van der Waals surface area contributed by atoms with Gasteiger partial charge in [-0.1, -0.05) is 27.7 Å². The molecule has 19 heavy (non-hydrogen) atoms. The highest BCUT2D eigenvalue weighted by atomic mass is 32.2. The largest absolute Gasteiger partial charge is 0.480 e. The van der Waals surface area contributed by atoms with Crippen molar-refractivity contribution in [3.8, 4) is 0 Å².